The fourth-order valence-electron chi connectivity index (χ4n) is 2.02. The van der Waals surface area contributed by atoms with Gasteiger partial charge in [0.2, 0.25) is 0 Å². The highest BCUT2D eigenvalue weighted by atomic mass is 16.2. The van der Waals surface area contributed by atoms with Gasteiger partial charge >= 0.3 is 0 Å². The first-order valence-corrected chi connectivity index (χ1v) is 6.23. The van der Waals surface area contributed by atoms with Crippen LogP contribution in [-0.4, -0.2) is 28.7 Å². The number of hydrogen-bond donors (Lipinski definition) is 2. The molecule has 0 saturated carbocycles. The summed E-state index contributed by atoms with van der Waals surface area (Å²) in [6, 6.07) is 3.60. The Morgan fingerprint density at radius 2 is 1.80 bits per heavy atom. The van der Waals surface area contributed by atoms with Gasteiger partial charge in [0.05, 0.1) is 17.2 Å². The average molecular weight is 275 g/mol. The van der Waals surface area contributed by atoms with Crippen molar-refractivity contribution in [3.05, 3.63) is 29.3 Å². The number of fused-ring (bicyclic) bond motifs is 1. The Hall–Kier alpha value is -2.21. The number of amides is 3. The SMILES string of the molecule is CC(C)(C)C(N)C(=O)N1C(=O)c2cccc(N)c2C1=O. The van der Waals surface area contributed by atoms with Crippen molar-refractivity contribution in [2.45, 2.75) is 26.8 Å². The van der Waals surface area contributed by atoms with Crippen LogP contribution in [0.5, 0.6) is 0 Å². The highest BCUT2D eigenvalue weighted by molar-refractivity contribution is 6.31. The van der Waals surface area contributed by atoms with E-state index in [0.717, 1.165) is 0 Å². The zero-order valence-corrected chi connectivity index (χ0v) is 11.6. The largest absolute Gasteiger partial charge is 0.398 e. The maximum absolute atomic E-state index is 12.3. The van der Waals surface area contributed by atoms with E-state index in [9.17, 15) is 14.4 Å². The second-order valence-electron chi connectivity index (χ2n) is 5.90. The van der Waals surface area contributed by atoms with Crippen LogP contribution in [-0.2, 0) is 4.79 Å². The lowest BCUT2D eigenvalue weighted by atomic mass is 9.86. The van der Waals surface area contributed by atoms with E-state index in [-0.39, 0.29) is 16.8 Å². The van der Waals surface area contributed by atoms with E-state index >= 15 is 0 Å². The smallest absolute Gasteiger partial charge is 0.270 e. The van der Waals surface area contributed by atoms with Gasteiger partial charge < -0.3 is 11.5 Å². The minimum atomic E-state index is -0.953. The molecule has 1 unspecified atom stereocenters. The number of anilines is 1. The van der Waals surface area contributed by atoms with E-state index in [1.165, 1.54) is 12.1 Å². The van der Waals surface area contributed by atoms with Crippen LogP contribution in [0, 0.1) is 5.41 Å². The zero-order chi connectivity index (χ0) is 15.2. The second-order valence-corrected chi connectivity index (χ2v) is 5.90. The summed E-state index contributed by atoms with van der Waals surface area (Å²) in [7, 11) is 0. The Morgan fingerprint density at radius 1 is 1.20 bits per heavy atom. The molecule has 0 fully saturated rings. The summed E-state index contributed by atoms with van der Waals surface area (Å²) in [5.74, 6) is -2.07. The molecular formula is C14H17N3O3. The van der Waals surface area contributed by atoms with Crippen molar-refractivity contribution in [2.75, 3.05) is 5.73 Å². The van der Waals surface area contributed by atoms with Crippen LogP contribution >= 0.6 is 0 Å². The molecule has 20 heavy (non-hydrogen) atoms. The molecule has 1 aliphatic rings. The first-order valence-electron chi connectivity index (χ1n) is 6.23. The van der Waals surface area contributed by atoms with E-state index in [1.54, 1.807) is 26.8 Å². The number of rotatable bonds is 1. The zero-order valence-electron chi connectivity index (χ0n) is 11.6. The molecule has 0 aliphatic carbocycles. The number of nitrogens with two attached hydrogens (primary N) is 2. The number of imide groups is 3. The lowest BCUT2D eigenvalue weighted by molar-refractivity contribution is -0.129. The Morgan fingerprint density at radius 3 is 2.30 bits per heavy atom. The standard InChI is InChI=1S/C14H17N3O3/c1-14(2,3)10(16)13(20)17-11(18)7-5-4-6-8(15)9(7)12(17)19/h4-6,10H,15-16H2,1-3H3. The lowest BCUT2D eigenvalue weighted by Gasteiger charge is -2.28. The molecule has 0 saturated heterocycles. The molecule has 1 aromatic rings. The highest BCUT2D eigenvalue weighted by Crippen LogP contribution is 2.29. The molecule has 0 aromatic heterocycles. The van der Waals surface area contributed by atoms with E-state index in [2.05, 4.69) is 0 Å². The topological polar surface area (TPSA) is 106 Å². The number of carbonyl (C=O) groups is 3. The van der Waals surface area contributed by atoms with Crippen LogP contribution < -0.4 is 11.5 Å². The van der Waals surface area contributed by atoms with Crippen LogP contribution in [0.4, 0.5) is 5.69 Å². The summed E-state index contributed by atoms with van der Waals surface area (Å²) in [6.45, 7) is 5.30. The van der Waals surface area contributed by atoms with Crippen LogP contribution in [0.2, 0.25) is 0 Å². The third kappa shape index (κ3) is 1.98. The van der Waals surface area contributed by atoms with Gasteiger partial charge in [0.1, 0.15) is 0 Å². The molecule has 3 amide bonds. The number of nitrogens with zero attached hydrogens (tertiary/aromatic N) is 1. The number of nitrogen functional groups attached to an aromatic ring is 1. The maximum atomic E-state index is 12.3. The third-order valence-electron chi connectivity index (χ3n) is 3.37. The van der Waals surface area contributed by atoms with Crippen molar-refractivity contribution in [1.82, 2.24) is 4.90 Å². The van der Waals surface area contributed by atoms with Crippen LogP contribution in [0.15, 0.2) is 18.2 Å². The Balaban J connectivity index is 2.44. The molecule has 0 spiro atoms. The fourth-order valence-corrected chi connectivity index (χ4v) is 2.02. The normalized spacial score (nSPS) is 16.3. The molecule has 6 nitrogen and oxygen atoms in total. The van der Waals surface area contributed by atoms with Gasteiger partial charge in [0.15, 0.2) is 0 Å². The van der Waals surface area contributed by atoms with Crippen molar-refractivity contribution in [3.63, 3.8) is 0 Å². The third-order valence-corrected chi connectivity index (χ3v) is 3.37. The van der Waals surface area contributed by atoms with Crippen LogP contribution in [0.3, 0.4) is 0 Å². The van der Waals surface area contributed by atoms with E-state index in [4.69, 9.17) is 11.5 Å². The minimum Gasteiger partial charge on any atom is -0.398 e. The number of carbonyl (C=O) groups excluding carboxylic acids is 3. The van der Waals surface area contributed by atoms with Crippen LogP contribution in [0.25, 0.3) is 0 Å². The Labute approximate surface area is 116 Å². The fraction of sp³-hybridized carbons (Fsp3) is 0.357. The summed E-state index contributed by atoms with van der Waals surface area (Å²) in [4.78, 5) is 37.4. The highest BCUT2D eigenvalue weighted by Gasteiger charge is 2.44. The monoisotopic (exact) mass is 275 g/mol. The molecule has 1 aromatic carbocycles. The Kier molecular flexibility index (Phi) is 3.14. The van der Waals surface area contributed by atoms with Crippen molar-refractivity contribution in [3.8, 4) is 0 Å². The molecule has 0 bridgehead atoms. The van der Waals surface area contributed by atoms with E-state index < -0.39 is 29.2 Å². The summed E-state index contributed by atoms with van der Waals surface area (Å²) in [5, 5.41) is 0. The van der Waals surface area contributed by atoms with Gasteiger partial charge in [-0.1, -0.05) is 26.8 Å². The molecule has 4 N–H and O–H groups in total. The van der Waals surface area contributed by atoms with Crippen molar-refractivity contribution >= 4 is 23.4 Å². The average Bonchev–Trinajstić information content (AvgIpc) is 2.60. The minimum absolute atomic E-state index is 0.0759. The second kappa shape index (κ2) is 4.42. The van der Waals surface area contributed by atoms with Crippen molar-refractivity contribution < 1.29 is 14.4 Å². The molecule has 0 radical (unpaired) electrons. The quantitative estimate of drug-likeness (QED) is 0.581. The van der Waals surface area contributed by atoms with Gasteiger partial charge in [-0.2, -0.15) is 0 Å². The van der Waals surface area contributed by atoms with Gasteiger partial charge in [-0.3, -0.25) is 14.4 Å². The van der Waals surface area contributed by atoms with Crippen molar-refractivity contribution in [1.29, 1.82) is 0 Å². The van der Waals surface area contributed by atoms with Gasteiger partial charge in [-0.25, -0.2) is 4.90 Å². The van der Waals surface area contributed by atoms with Crippen molar-refractivity contribution in [2.24, 2.45) is 11.1 Å². The molecular weight excluding hydrogens is 258 g/mol. The predicted molar refractivity (Wildman–Crippen MR) is 73.8 cm³/mol. The number of hydrogen-bond acceptors (Lipinski definition) is 5. The lowest BCUT2D eigenvalue weighted by Crippen LogP contribution is -2.52. The first kappa shape index (κ1) is 14.2. The summed E-state index contributed by atoms with van der Waals surface area (Å²) in [6.07, 6.45) is 0. The van der Waals surface area contributed by atoms with Crippen LogP contribution in [0.1, 0.15) is 41.5 Å². The molecule has 1 aliphatic heterocycles. The molecule has 1 heterocycles. The van der Waals surface area contributed by atoms with Gasteiger partial charge in [-0.15, -0.1) is 0 Å². The summed E-state index contributed by atoms with van der Waals surface area (Å²) >= 11 is 0. The maximum Gasteiger partial charge on any atom is 0.270 e. The molecule has 6 heteroatoms. The van der Waals surface area contributed by atoms with E-state index in [1.807, 2.05) is 0 Å². The van der Waals surface area contributed by atoms with Gasteiger partial charge in [0.25, 0.3) is 17.7 Å². The number of benzene rings is 1. The summed E-state index contributed by atoms with van der Waals surface area (Å²) in [5.41, 5.74) is 11.4. The molecule has 106 valence electrons. The predicted octanol–water partition coefficient (Wildman–Crippen LogP) is 0.765. The first-order chi connectivity index (χ1) is 9.16. The summed E-state index contributed by atoms with van der Waals surface area (Å²) < 4.78 is 0. The Bertz CT molecular complexity index is 617. The van der Waals surface area contributed by atoms with Gasteiger partial charge in [0, 0.05) is 5.69 Å². The van der Waals surface area contributed by atoms with E-state index in [0.29, 0.717) is 4.90 Å². The van der Waals surface area contributed by atoms with Gasteiger partial charge in [-0.05, 0) is 17.5 Å². The molecule has 2 rings (SSSR count). The molecule has 1 atom stereocenters.